The van der Waals surface area contributed by atoms with Crippen molar-refractivity contribution in [1.82, 2.24) is 15.1 Å². The van der Waals surface area contributed by atoms with Crippen molar-refractivity contribution in [1.29, 1.82) is 0 Å². The van der Waals surface area contributed by atoms with E-state index in [-0.39, 0.29) is 0 Å². The molecule has 0 amide bonds. The van der Waals surface area contributed by atoms with Crippen molar-refractivity contribution in [3.05, 3.63) is 11.4 Å². The zero-order chi connectivity index (χ0) is 13.8. The van der Waals surface area contributed by atoms with Gasteiger partial charge in [0.25, 0.3) is 0 Å². The second-order valence-corrected chi connectivity index (χ2v) is 5.24. The summed E-state index contributed by atoms with van der Waals surface area (Å²) < 4.78 is 7.53. The van der Waals surface area contributed by atoms with E-state index in [0.29, 0.717) is 11.2 Å². The molecule has 19 heavy (non-hydrogen) atoms. The van der Waals surface area contributed by atoms with Crippen LogP contribution in [0.25, 0.3) is 0 Å². The molecule has 0 bridgehead atoms. The van der Waals surface area contributed by atoms with Crippen molar-refractivity contribution in [3.63, 3.8) is 0 Å². The van der Waals surface area contributed by atoms with Crippen molar-refractivity contribution in [3.8, 4) is 0 Å². The van der Waals surface area contributed by atoms with E-state index in [1.165, 1.54) is 0 Å². The van der Waals surface area contributed by atoms with E-state index in [2.05, 4.69) is 29.6 Å². The first-order valence-corrected chi connectivity index (χ1v) is 7.23. The average molecular weight is 282 g/mol. The molecule has 0 saturated carbocycles. The third-order valence-electron chi connectivity index (χ3n) is 3.43. The number of anilines is 1. The molecule has 6 heteroatoms. The molecular formula is C13H22N4OS. The Hall–Kier alpha value is -1.14. The number of hydrogen-bond acceptors (Lipinski definition) is 3. The number of aromatic nitrogens is 2. The number of nitrogens with zero attached hydrogens (tertiary/aromatic N) is 2. The molecule has 2 N–H and O–H groups in total. The second kappa shape index (κ2) is 6.34. The molecule has 1 aromatic heterocycles. The van der Waals surface area contributed by atoms with E-state index in [1.807, 2.05) is 11.6 Å². The Kier molecular flexibility index (Phi) is 4.76. The van der Waals surface area contributed by atoms with Crippen molar-refractivity contribution < 1.29 is 4.74 Å². The van der Waals surface area contributed by atoms with Crippen LogP contribution >= 0.6 is 12.2 Å². The molecule has 1 atom stereocenters. The Morgan fingerprint density at radius 2 is 2.32 bits per heavy atom. The average Bonchev–Trinajstić information content (AvgIpc) is 2.99. The van der Waals surface area contributed by atoms with Crippen molar-refractivity contribution >= 4 is 23.0 Å². The summed E-state index contributed by atoms with van der Waals surface area (Å²) in [5, 5.41) is 11.5. The summed E-state index contributed by atoms with van der Waals surface area (Å²) in [6.07, 6.45) is 2.55. The number of rotatable bonds is 4. The molecule has 2 rings (SSSR count). The van der Waals surface area contributed by atoms with E-state index < -0.39 is 0 Å². The van der Waals surface area contributed by atoms with E-state index in [4.69, 9.17) is 17.0 Å². The molecule has 1 aliphatic heterocycles. The van der Waals surface area contributed by atoms with Crippen LogP contribution in [0.15, 0.2) is 0 Å². The monoisotopic (exact) mass is 282 g/mol. The highest BCUT2D eigenvalue weighted by Crippen LogP contribution is 2.19. The predicted octanol–water partition coefficient (Wildman–Crippen LogP) is 1.99. The molecule has 2 heterocycles. The number of nitrogens with one attached hydrogen (secondary N) is 2. The maximum atomic E-state index is 5.56. The van der Waals surface area contributed by atoms with Gasteiger partial charge in [0, 0.05) is 19.7 Å². The van der Waals surface area contributed by atoms with Gasteiger partial charge in [-0.25, -0.2) is 0 Å². The zero-order valence-electron chi connectivity index (χ0n) is 11.8. The van der Waals surface area contributed by atoms with E-state index in [0.717, 1.165) is 49.6 Å². The van der Waals surface area contributed by atoms with Gasteiger partial charge in [-0.15, -0.1) is 0 Å². The van der Waals surface area contributed by atoms with Crippen LogP contribution in [0, 0.1) is 13.8 Å². The Morgan fingerprint density at radius 3 is 2.89 bits per heavy atom. The SMILES string of the molecule is CCn1nc(C)c(NC(=S)NC[C@H]2CCCO2)c1C. The van der Waals surface area contributed by atoms with Gasteiger partial charge >= 0.3 is 0 Å². The van der Waals surface area contributed by atoms with Crippen LogP contribution in [0.3, 0.4) is 0 Å². The van der Waals surface area contributed by atoms with Crippen LogP contribution in [0.5, 0.6) is 0 Å². The Balaban J connectivity index is 1.89. The molecule has 1 saturated heterocycles. The highest BCUT2D eigenvalue weighted by Gasteiger charge is 2.16. The van der Waals surface area contributed by atoms with E-state index in [9.17, 15) is 0 Å². The second-order valence-electron chi connectivity index (χ2n) is 4.83. The van der Waals surface area contributed by atoms with Gasteiger partial charge in [-0.1, -0.05) is 0 Å². The predicted molar refractivity (Wildman–Crippen MR) is 80.6 cm³/mol. The first-order chi connectivity index (χ1) is 9.11. The van der Waals surface area contributed by atoms with Crippen LogP contribution in [-0.2, 0) is 11.3 Å². The zero-order valence-corrected chi connectivity index (χ0v) is 12.6. The molecule has 106 valence electrons. The lowest BCUT2D eigenvalue weighted by molar-refractivity contribution is 0.114. The van der Waals surface area contributed by atoms with Gasteiger partial charge in [0.05, 0.1) is 23.2 Å². The summed E-state index contributed by atoms with van der Waals surface area (Å²) in [6, 6.07) is 0. The number of hydrogen-bond donors (Lipinski definition) is 2. The Labute approximate surface area is 119 Å². The molecule has 5 nitrogen and oxygen atoms in total. The summed E-state index contributed by atoms with van der Waals surface area (Å²) >= 11 is 5.32. The normalized spacial score (nSPS) is 18.6. The van der Waals surface area contributed by atoms with E-state index in [1.54, 1.807) is 0 Å². The summed E-state index contributed by atoms with van der Waals surface area (Å²) in [5.74, 6) is 0. The molecule has 0 unspecified atom stereocenters. The summed E-state index contributed by atoms with van der Waals surface area (Å²) in [5.41, 5.74) is 3.09. The largest absolute Gasteiger partial charge is 0.376 e. The maximum Gasteiger partial charge on any atom is 0.170 e. The fourth-order valence-electron chi connectivity index (χ4n) is 2.36. The molecule has 1 aliphatic rings. The molecule has 1 aromatic rings. The fraction of sp³-hybridized carbons (Fsp3) is 0.692. The number of aryl methyl sites for hydroxylation is 2. The van der Waals surface area contributed by atoms with Crippen LogP contribution < -0.4 is 10.6 Å². The van der Waals surface area contributed by atoms with Gasteiger partial charge in [0.1, 0.15) is 0 Å². The number of ether oxygens (including phenoxy) is 1. The molecular weight excluding hydrogens is 260 g/mol. The Bertz CT molecular complexity index is 452. The van der Waals surface area contributed by atoms with Crippen molar-refractivity contribution in [2.75, 3.05) is 18.5 Å². The van der Waals surface area contributed by atoms with Gasteiger partial charge < -0.3 is 15.4 Å². The fourth-order valence-corrected chi connectivity index (χ4v) is 2.54. The lowest BCUT2D eigenvalue weighted by Gasteiger charge is -2.14. The molecule has 0 radical (unpaired) electrons. The van der Waals surface area contributed by atoms with Crippen molar-refractivity contribution in [2.24, 2.45) is 0 Å². The molecule has 0 spiro atoms. The van der Waals surface area contributed by atoms with Crippen molar-refractivity contribution in [2.45, 2.75) is 46.3 Å². The van der Waals surface area contributed by atoms with Gasteiger partial charge in [-0.05, 0) is 45.8 Å². The minimum Gasteiger partial charge on any atom is -0.376 e. The third-order valence-corrected chi connectivity index (χ3v) is 3.68. The topological polar surface area (TPSA) is 51.1 Å². The lowest BCUT2D eigenvalue weighted by Crippen LogP contribution is -2.35. The third kappa shape index (κ3) is 3.45. The van der Waals surface area contributed by atoms with E-state index >= 15 is 0 Å². The van der Waals surface area contributed by atoms with Gasteiger partial charge in [-0.2, -0.15) is 5.10 Å². The van der Waals surface area contributed by atoms with Crippen LogP contribution in [0.4, 0.5) is 5.69 Å². The highest BCUT2D eigenvalue weighted by atomic mass is 32.1. The number of thiocarbonyl (C=S) groups is 1. The summed E-state index contributed by atoms with van der Waals surface area (Å²) in [7, 11) is 0. The standard InChI is InChI=1S/C13H22N4OS/c1-4-17-10(3)12(9(2)16-17)15-13(19)14-8-11-6-5-7-18-11/h11H,4-8H2,1-3H3,(H2,14,15,19)/t11-/m1/s1. The quantitative estimate of drug-likeness (QED) is 0.827. The lowest BCUT2D eigenvalue weighted by atomic mass is 10.2. The van der Waals surface area contributed by atoms with Crippen LogP contribution in [0.2, 0.25) is 0 Å². The molecule has 0 aliphatic carbocycles. The van der Waals surface area contributed by atoms with Crippen LogP contribution in [-0.4, -0.2) is 34.1 Å². The minimum atomic E-state index is 0.292. The molecule has 0 aromatic carbocycles. The van der Waals surface area contributed by atoms with Crippen LogP contribution in [0.1, 0.15) is 31.2 Å². The van der Waals surface area contributed by atoms with Gasteiger partial charge in [0.2, 0.25) is 0 Å². The Morgan fingerprint density at radius 1 is 1.53 bits per heavy atom. The summed E-state index contributed by atoms with van der Waals surface area (Å²) in [6.45, 7) is 8.63. The highest BCUT2D eigenvalue weighted by molar-refractivity contribution is 7.80. The smallest absolute Gasteiger partial charge is 0.170 e. The first kappa shape index (κ1) is 14.3. The first-order valence-electron chi connectivity index (χ1n) is 6.82. The van der Waals surface area contributed by atoms with Gasteiger partial charge in [0.15, 0.2) is 5.11 Å². The molecule has 1 fully saturated rings. The maximum absolute atomic E-state index is 5.56. The minimum absolute atomic E-state index is 0.292. The summed E-state index contributed by atoms with van der Waals surface area (Å²) in [4.78, 5) is 0. The van der Waals surface area contributed by atoms with Gasteiger partial charge in [-0.3, -0.25) is 4.68 Å².